The maximum absolute atomic E-state index is 13.3. The second-order valence-corrected chi connectivity index (χ2v) is 7.72. The van der Waals surface area contributed by atoms with Gasteiger partial charge in [-0.05, 0) is 24.1 Å². The molecule has 8 heteroatoms. The highest BCUT2D eigenvalue weighted by molar-refractivity contribution is 7.19. The van der Waals surface area contributed by atoms with Gasteiger partial charge in [-0.15, -0.1) is 0 Å². The molecule has 0 unspecified atom stereocenters. The highest BCUT2D eigenvalue weighted by atomic mass is 32.1. The number of thiazole rings is 1. The number of imidazole rings is 1. The summed E-state index contributed by atoms with van der Waals surface area (Å²) in [6, 6.07) is 13.3. The average Bonchev–Trinajstić information content (AvgIpc) is 3.35. The molecule has 0 atom stereocenters. The summed E-state index contributed by atoms with van der Waals surface area (Å²) in [5, 5.41) is 3.27. The molecule has 0 spiro atoms. The van der Waals surface area contributed by atoms with Gasteiger partial charge in [-0.3, -0.25) is 4.79 Å². The number of halogens is 2. The van der Waals surface area contributed by atoms with Gasteiger partial charge in [-0.2, -0.15) is 0 Å². The molecule has 0 saturated carbocycles. The van der Waals surface area contributed by atoms with Crippen LogP contribution in [-0.4, -0.2) is 20.4 Å². The van der Waals surface area contributed by atoms with Gasteiger partial charge in [0.2, 0.25) is 5.91 Å². The largest absolute Gasteiger partial charge is 0.333 e. The SMILES string of the molecule is Cn1ccnc1-c1sc(NC(=O)CCc2ccc(F)c(F)c2)nc1-c1ccccc1. The molecule has 0 bridgehead atoms. The minimum atomic E-state index is -0.917. The molecule has 4 aromatic rings. The lowest BCUT2D eigenvalue weighted by atomic mass is 10.1. The lowest BCUT2D eigenvalue weighted by Gasteiger charge is -2.03. The summed E-state index contributed by atoms with van der Waals surface area (Å²) in [5.41, 5.74) is 2.22. The fourth-order valence-corrected chi connectivity index (χ4v) is 4.08. The molecular formula is C22H18F2N4OS. The topological polar surface area (TPSA) is 59.8 Å². The van der Waals surface area contributed by atoms with E-state index in [-0.39, 0.29) is 12.3 Å². The standard InChI is InChI=1S/C22H18F2N4OS/c1-28-12-11-25-21(28)20-19(15-5-3-2-4-6-15)27-22(30-20)26-18(29)10-8-14-7-9-16(23)17(24)13-14/h2-7,9,11-13H,8,10H2,1H3,(H,26,27,29). The highest BCUT2D eigenvalue weighted by Crippen LogP contribution is 2.38. The van der Waals surface area contributed by atoms with E-state index in [4.69, 9.17) is 0 Å². The number of aromatic nitrogens is 3. The van der Waals surface area contributed by atoms with Crippen molar-refractivity contribution in [3.63, 3.8) is 0 Å². The molecule has 0 radical (unpaired) electrons. The van der Waals surface area contributed by atoms with E-state index in [0.29, 0.717) is 17.1 Å². The first kappa shape index (κ1) is 19.9. The molecule has 1 N–H and O–H groups in total. The van der Waals surface area contributed by atoms with Crippen LogP contribution in [0, 0.1) is 11.6 Å². The highest BCUT2D eigenvalue weighted by Gasteiger charge is 2.19. The van der Waals surface area contributed by atoms with E-state index in [1.54, 1.807) is 6.20 Å². The van der Waals surface area contributed by atoms with Gasteiger partial charge in [0.25, 0.3) is 0 Å². The van der Waals surface area contributed by atoms with E-state index >= 15 is 0 Å². The number of hydrogen-bond donors (Lipinski definition) is 1. The van der Waals surface area contributed by atoms with E-state index in [2.05, 4.69) is 15.3 Å². The van der Waals surface area contributed by atoms with Crippen LogP contribution >= 0.6 is 11.3 Å². The van der Waals surface area contributed by atoms with Crippen LogP contribution in [0.25, 0.3) is 22.0 Å². The molecule has 0 fully saturated rings. The van der Waals surface area contributed by atoms with Crippen LogP contribution in [-0.2, 0) is 18.3 Å². The molecule has 2 aromatic heterocycles. The Hall–Kier alpha value is -3.39. The van der Waals surface area contributed by atoms with E-state index in [1.807, 2.05) is 48.1 Å². The normalized spacial score (nSPS) is 10.9. The first-order valence-electron chi connectivity index (χ1n) is 9.29. The van der Waals surface area contributed by atoms with Crippen molar-refractivity contribution in [3.8, 4) is 22.0 Å². The number of amides is 1. The monoisotopic (exact) mass is 424 g/mol. The summed E-state index contributed by atoms with van der Waals surface area (Å²) in [5.74, 6) is -1.31. The molecular weight excluding hydrogens is 406 g/mol. The number of carbonyl (C=O) groups excluding carboxylic acids is 1. The molecule has 4 rings (SSSR count). The molecule has 0 saturated heterocycles. The zero-order valence-corrected chi connectivity index (χ0v) is 16.9. The van der Waals surface area contributed by atoms with Crippen molar-refractivity contribution in [1.29, 1.82) is 0 Å². The molecule has 152 valence electrons. The fraction of sp³-hybridized carbons (Fsp3) is 0.136. The molecule has 0 aliphatic heterocycles. The first-order chi connectivity index (χ1) is 14.5. The summed E-state index contributed by atoms with van der Waals surface area (Å²) in [6.45, 7) is 0. The van der Waals surface area contributed by atoms with Crippen LogP contribution < -0.4 is 5.32 Å². The number of carbonyl (C=O) groups is 1. The zero-order chi connectivity index (χ0) is 21.1. The van der Waals surface area contributed by atoms with Gasteiger partial charge < -0.3 is 9.88 Å². The molecule has 2 aromatic carbocycles. The number of aryl methyl sites for hydroxylation is 2. The minimum Gasteiger partial charge on any atom is -0.333 e. The van der Waals surface area contributed by atoms with Crippen LogP contribution in [0.2, 0.25) is 0 Å². The van der Waals surface area contributed by atoms with Crippen LogP contribution in [0.15, 0.2) is 60.9 Å². The third kappa shape index (κ3) is 4.28. The van der Waals surface area contributed by atoms with Crippen LogP contribution in [0.1, 0.15) is 12.0 Å². The third-order valence-electron chi connectivity index (χ3n) is 4.57. The predicted octanol–water partition coefficient (Wildman–Crippen LogP) is 5.06. The zero-order valence-electron chi connectivity index (χ0n) is 16.1. The van der Waals surface area contributed by atoms with Gasteiger partial charge in [-0.1, -0.05) is 47.7 Å². The Labute approximate surface area is 176 Å². The molecule has 0 aliphatic carbocycles. The van der Waals surface area contributed by atoms with Crippen molar-refractivity contribution in [2.45, 2.75) is 12.8 Å². The van der Waals surface area contributed by atoms with Gasteiger partial charge >= 0.3 is 0 Å². The van der Waals surface area contributed by atoms with Gasteiger partial charge in [0.1, 0.15) is 0 Å². The molecule has 30 heavy (non-hydrogen) atoms. The molecule has 5 nitrogen and oxygen atoms in total. The van der Waals surface area contributed by atoms with Crippen LogP contribution in [0.5, 0.6) is 0 Å². The summed E-state index contributed by atoms with van der Waals surface area (Å²) < 4.78 is 28.3. The summed E-state index contributed by atoms with van der Waals surface area (Å²) >= 11 is 1.34. The van der Waals surface area contributed by atoms with Crippen molar-refractivity contribution >= 4 is 22.4 Å². The third-order valence-corrected chi connectivity index (χ3v) is 5.54. The second kappa shape index (κ2) is 8.54. The van der Waals surface area contributed by atoms with E-state index in [9.17, 15) is 13.6 Å². The second-order valence-electron chi connectivity index (χ2n) is 6.72. The summed E-state index contributed by atoms with van der Waals surface area (Å²) in [7, 11) is 1.90. The minimum absolute atomic E-state index is 0.128. The Kier molecular flexibility index (Phi) is 5.67. The lowest BCUT2D eigenvalue weighted by Crippen LogP contribution is -2.12. The fourth-order valence-electron chi connectivity index (χ4n) is 3.04. The number of benzene rings is 2. The number of anilines is 1. The van der Waals surface area contributed by atoms with Gasteiger partial charge in [0.05, 0.1) is 10.6 Å². The van der Waals surface area contributed by atoms with E-state index in [1.165, 1.54) is 17.4 Å². The van der Waals surface area contributed by atoms with Gasteiger partial charge in [0, 0.05) is 31.4 Å². The Morgan fingerprint density at radius 2 is 1.93 bits per heavy atom. The molecule has 2 heterocycles. The van der Waals surface area contributed by atoms with Gasteiger partial charge in [0.15, 0.2) is 22.6 Å². The Morgan fingerprint density at radius 3 is 2.63 bits per heavy atom. The van der Waals surface area contributed by atoms with Gasteiger partial charge in [-0.25, -0.2) is 18.7 Å². The number of nitrogens with zero attached hydrogens (tertiary/aromatic N) is 3. The summed E-state index contributed by atoms with van der Waals surface area (Å²) in [4.78, 5) is 22.3. The van der Waals surface area contributed by atoms with Crippen molar-refractivity contribution in [1.82, 2.24) is 14.5 Å². The van der Waals surface area contributed by atoms with Crippen LogP contribution in [0.4, 0.5) is 13.9 Å². The smallest absolute Gasteiger partial charge is 0.226 e. The number of nitrogens with one attached hydrogen (secondary N) is 1. The number of hydrogen-bond acceptors (Lipinski definition) is 4. The Morgan fingerprint density at radius 1 is 1.13 bits per heavy atom. The quantitative estimate of drug-likeness (QED) is 0.471. The molecule has 1 amide bonds. The van der Waals surface area contributed by atoms with Crippen molar-refractivity contribution < 1.29 is 13.6 Å². The van der Waals surface area contributed by atoms with Crippen molar-refractivity contribution in [2.24, 2.45) is 7.05 Å². The Bertz CT molecular complexity index is 1190. The Balaban J connectivity index is 1.54. The average molecular weight is 424 g/mol. The van der Waals surface area contributed by atoms with Crippen LogP contribution in [0.3, 0.4) is 0 Å². The van der Waals surface area contributed by atoms with Crippen molar-refractivity contribution in [3.05, 3.63) is 78.1 Å². The first-order valence-corrected chi connectivity index (χ1v) is 10.1. The van der Waals surface area contributed by atoms with E-state index < -0.39 is 11.6 Å². The molecule has 0 aliphatic rings. The number of rotatable bonds is 6. The van der Waals surface area contributed by atoms with E-state index in [0.717, 1.165) is 34.1 Å². The maximum Gasteiger partial charge on any atom is 0.226 e. The maximum atomic E-state index is 13.3. The predicted molar refractivity (Wildman–Crippen MR) is 113 cm³/mol. The summed E-state index contributed by atoms with van der Waals surface area (Å²) in [6.07, 6.45) is 3.99. The lowest BCUT2D eigenvalue weighted by molar-refractivity contribution is -0.116. The van der Waals surface area contributed by atoms with Crippen molar-refractivity contribution in [2.75, 3.05) is 5.32 Å².